The molecule has 2 heterocycles. The number of nitrogens with zero attached hydrogens (tertiary/aromatic N) is 1. The lowest BCUT2D eigenvalue weighted by atomic mass is 10.1. The highest BCUT2D eigenvalue weighted by atomic mass is 16.6. The van der Waals surface area contributed by atoms with Crippen molar-refractivity contribution in [2.24, 2.45) is 0 Å². The molecule has 0 saturated carbocycles. The van der Waals surface area contributed by atoms with Gasteiger partial charge in [-0.2, -0.15) is 0 Å². The molecule has 1 aromatic heterocycles. The average Bonchev–Trinajstić information content (AvgIpc) is 2.42. The molecule has 0 atom stereocenters. The van der Waals surface area contributed by atoms with Crippen molar-refractivity contribution >= 4 is 11.9 Å². The maximum atomic E-state index is 11.1. The van der Waals surface area contributed by atoms with Gasteiger partial charge in [-0.05, 0) is 18.1 Å². The van der Waals surface area contributed by atoms with Crippen molar-refractivity contribution in [3.8, 4) is 0 Å². The smallest absolute Gasteiger partial charge is 0.365 e. The highest BCUT2D eigenvalue weighted by Crippen LogP contribution is 2.18. The van der Waals surface area contributed by atoms with E-state index in [0.29, 0.717) is 0 Å². The van der Waals surface area contributed by atoms with Gasteiger partial charge in [0.15, 0.2) is 5.69 Å². The third-order valence-corrected chi connectivity index (χ3v) is 1.95. The van der Waals surface area contributed by atoms with Crippen molar-refractivity contribution in [3.63, 3.8) is 0 Å². The van der Waals surface area contributed by atoms with Gasteiger partial charge in [-0.1, -0.05) is 6.92 Å². The van der Waals surface area contributed by atoms with E-state index in [4.69, 9.17) is 0 Å². The van der Waals surface area contributed by atoms with E-state index in [2.05, 4.69) is 9.72 Å². The molecule has 66 valence electrons. The van der Waals surface area contributed by atoms with Crippen molar-refractivity contribution < 1.29 is 14.3 Å². The average molecular weight is 177 g/mol. The Morgan fingerprint density at radius 1 is 1.38 bits per heavy atom. The zero-order chi connectivity index (χ0) is 9.42. The number of fused-ring (bicyclic) bond motifs is 1. The summed E-state index contributed by atoms with van der Waals surface area (Å²) in [5.74, 6) is -1.24. The first-order valence-corrected chi connectivity index (χ1v) is 3.97. The van der Waals surface area contributed by atoms with Gasteiger partial charge in [-0.25, -0.2) is 14.6 Å². The molecule has 0 unspecified atom stereocenters. The van der Waals surface area contributed by atoms with Gasteiger partial charge in [0, 0.05) is 6.20 Å². The van der Waals surface area contributed by atoms with E-state index in [1.165, 1.54) is 0 Å². The second kappa shape index (κ2) is 2.65. The molecule has 0 radical (unpaired) electrons. The second-order valence-electron chi connectivity index (χ2n) is 2.77. The molecular weight excluding hydrogens is 170 g/mol. The van der Waals surface area contributed by atoms with Crippen LogP contribution in [0.3, 0.4) is 0 Å². The fraction of sp³-hybridized carbons (Fsp3) is 0.222. The van der Waals surface area contributed by atoms with Crippen molar-refractivity contribution in [1.29, 1.82) is 0 Å². The van der Waals surface area contributed by atoms with E-state index in [-0.39, 0.29) is 11.3 Å². The van der Waals surface area contributed by atoms with Gasteiger partial charge in [0.1, 0.15) is 0 Å². The van der Waals surface area contributed by atoms with Crippen LogP contribution in [-0.2, 0) is 11.2 Å². The first kappa shape index (κ1) is 7.91. The third kappa shape index (κ3) is 1.11. The molecule has 0 bridgehead atoms. The lowest BCUT2D eigenvalue weighted by Gasteiger charge is -1.95. The van der Waals surface area contributed by atoms with Gasteiger partial charge in [0.25, 0.3) is 0 Å². The number of pyridine rings is 1. The summed E-state index contributed by atoms with van der Waals surface area (Å²) in [6, 6.07) is 1.65. The lowest BCUT2D eigenvalue weighted by molar-refractivity contribution is 0.0441. The summed E-state index contributed by atoms with van der Waals surface area (Å²) in [6.07, 6.45) is 2.36. The van der Waals surface area contributed by atoms with Crippen LogP contribution in [0, 0.1) is 0 Å². The second-order valence-corrected chi connectivity index (χ2v) is 2.77. The maximum absolute atomic E-state index is 11.1. The van der Waals surface area contributed by atoms with Crippen molar-refractivity contribution in [2.45, 2.75) is 13.3 Å². The highest BCUT2D eigenvalue weighted by molar-refractivity contribution is 6.13. The molecule has 0 amide bonds. The van der Waals surface area contributed by atoms with Crippen LogP contribution in [0.1, 0.15) is 33.3 Å². The number of aromatic nitrogens is 1. The van der Waals surface area contributed by atoms with E-state index in [0.717, 1.165) is 12.0 Å². The van der Waals surface area contributed by atoms with Crippen molar-refractivity contribution in [1.82, 2.24) is 4.98 Å². The van der Waals surface area contributed by atoms with E-state index in [9.17, 15) is 9.59 Å². The van der Waals surface area contributed by atoms with E-state index >= 15 is 0 Å². The number of ether oxygens (including phenoxy) is 1. The molecule has 0 aliphatic carbocycles. The molecule has 0 aromatic carbocycles. The summed E-state index contributed by atoms with van der Waals surface area (Å²) in [4.78, 5) is 25.9. The lowest BCUT2D eigenvalue weighted by Crippen LogP contribution is -1.98. The number of rotatable bonds is 1. The summed E-state index contributed by atoms with van der Waals surface area (Å²) in [7, 11) is 0. The van der Waals surface area contributed by atoms with Crippen LogP contribution in [0.15, 0.2) is 12.3 Å². The Morgan fingerprint density at radius 2 is 2.15 bits per heavy atom. The van der Waals surface area contributed by atoms with Gasteiger partial charge in [0.2, 0.25) is 0 Å². The van der Waals surface area contributed by atoms with Crippen LogP contribution in [-0.4, -0.2) is 16.9 Å². The largest absolute Gasteiger partial charge is 0.384 e. The van der Waals surface area contributed by atoms with Gasteiger partial charge in [-0.15, -0.1) is 0 Å². The Balaban J connectivity index is 2.58. The third-order valence-electron chi connectivity index (χ3n) is 1.95. The van der Waals surface area contributed by atoms with Crippen LogP contribution < -0.4 is 0 Å². The first-order valence-electron chi connectivity index (χ1n) is 3.97. The SMILES string of the molecule is CCc1cnc2c(c1)C(=O)OC2=O. The Hall–Kier alpha value is -1.71. The van der Waals surface area contributed by atoms with Crippen LogP contribution in [0.2, 0.25) is 0 Å². The highest BCUT2D eigenvalue weighted by Gasteiger charge is 2.31. The van der Waals surface area contributed by atoms with E-state index < -0.39 is 11.9 Å². The molecule has 0 spiro atoms. The number of cyclic esters (lactones) is 2. The maximum Gasteiger partial charge on any atom is 0.365 e. The van der Waals surface area contributed by atoms with Crippen LogP contribution in [0.25, 0.3) is 0 Å². The van der Waals surface area contributed by atoms with Crippen LogP contribution in [0.4, 0.5) is 0 Å². The predicted molar refractivity (Wildman–Crippen MR) is 43.4 cm³/mol. The number of aryl methyl sites for hydroxylation is 1. The minimum Gasteiger partial charge on any atom is -0.384 e. The number of hydrogen-bond acceptors (Lipinski definition) is 4. The standard InChI is InChI=1S/C9H7NO3/c1-2-5-3-6-7(10-4-5)9(12)13-8(6)11/h3-4H,2H2,1H3. The summed E-state index contributed by atoms with van der Waals surface area (Å²) in [5.41, 5.74) is 1.33. The van der Waals surface area contributed by atoms with E-state index in [1.54, 1.807) is 12.3 Å². The fourth-order valence-corrected chi connectivity index (χ4v) is 1.21. The molecule has 1 aliphatic rings. The zero-order valence-electron chi connectivity index (χ0n) is 7.03. The molecule has 0 fully saturated rings. The van der Waals surface area contributed by atoms with E-state index in [1.807, 2.05) is 6.92 Å². The molecule has 2 rings (SSSR count). The normalized spacial score (nSPS) is 14.2. The molecule has 0 N–H and O–H groups in total. The number of carbonyl (C=O) groups is 2. The van der Waals surface area contributed by atoms with Crippen molar-refractivity contribution in [2.75, 3.05) is 0 Å². The molecule has 1 aromatic rings. The molecule has 13 heavy (non-hydrogen) atoms. The van der Waals surface area contributed by atoms with Gasteiger partial charge in [0.05, 0.1) is 5.56 Å². The fourth-order valence-electron chi connectivity index (χ4n) is 1.21. The summed E-state index contributed by atoms with van der Waals surface area (Å²) in [5, 5.41) is 0. The molecule has 4 nitrogen and oxygen atoms in total. The van der Waals surface area contributed by atoms with Crippen LogP contribution in [0.5, 0.6) is 0 Å². The van der Waals surface area contributed by atoms with Crippen molar-refractivity contribution in [3.05, 3.63) is 29.1 Å². The molecule has 1 aliphatic heterocycles. The van der Waals surface area contributed by atoms with Gasteiger partial charge in [-0.3, -0.25) is 0 Å². The Labute approximate surface area is 74.5 Å². The molecule has 0 saturated heterocycles. The number of esters is 2. The topological polar surface area (TPSA) is 56.3 Å². The Morgan fingerprint density at radius 3 is 2.85 bits per heavy atom. The van der Waals surface area contributed by atoms with Crippen LogP contribution >= 0.6 is 0 Å². The predicted octanol–water partition coefficient (Wildman–Crippen LogP) is 0.955. The zero-order valence-corrected chi connectivity index (χ0v) is 7.03. The monoisotopic (exact) mass is 177 g/mol. The summed E-state index contributed by atoms with van der Waals surface area (Å²) in [6.45, 7) is 1.95. The number of hydrogen-bond donors (Lipinski definition) is 0. The minimum absolute atomic E-state index is 0.127. The van der Waals surface area contributed by atoms with Gasteiger partial charge < -0.3 is 4.74 Å². The summed E-state index contributed by atoms with van der Waals surface area (Å²) < 4.78 is 4.39. The Kier molecular flexibility index (Phi) is 1.62. The number of carbonyl (C=O) groups excluding carboxylic acids is 2. The van der Waals surface area contributed by atoms with Gasteiger partial charge >= 0.3 is 11.9 Å². The Bertz CT molecular complexity index is 398. The minimum atomic E-state index is -0.650. The first-order chi connectivity index (χ1) is 6.22. The quantitative estimate of drug-likeness (QED) is 0.473. The molecule has 4 heteroatoms. The summed E-state index contributed by atoms with van der Waals surface area (Å²) >= 11 is 0. The molecular formula is C9H7NO3.